The van der Waals surface area contributed by atoms with Crippen LogP contribution in [-0.4, -0.2) is 16.7 Å². The molecule has 2 rings (SSSR count). The van der Waals surface area contributed by atoms with Gasteiger partial charge in [-0.3, -0.25) is 0 Å². The minimum absolute atomic E-state index is 0.490. The van der Waals surface area contributed by atoms with Gasteiger partial charge in [-0.2, -0.15) is 5.10 Å². The van der Waals surface area contributed by atoms with Gasteiger partial charge in [0, 0.05) is 15.8 Å². The van der Waals surface area contributed by atoms with Crippen molar-refractivity contribution < 1.29 is 0 Å². The number of fused-ring (bicyclic) bond motifs is 1. The first-order chi connectivity index (χ1) is 7.27. The topological polar surface area (TPSA) is 37.8 Å². The Morgan fingerprint density at radius 1 is 1.40 bits per heavy atom. The van der Waals surface area contributed by atoms with E-state index in [-0.39, 0.29) is 0 Å². The van der Waals surface area contributed by atoms with Gasteiger partial charge in [0.05, 0.1) is 12.7 Å². The van der Waals surface area contributed by atoms with Crippen LogP contribution in [-0.2, 0) is 0 Å². The van der Waals surface area contributed by atoms with Crippen molar-refractivity contribution in [2.24, 2.45) is 0 Å². The lowest BCUT2D eigenvalue weighted by atomic mass is 10.2. The molecule has 0 radical (unpaired) electrons. The summed E-state index contributed by atoms with van der Waals surface area (Å²) in [5.41, 5.74) is 0. The monoisotopic (exact) mass is 219 g/mol. The summed E-state index contributed by atoms with van der Waals surface area (Å²) in [5.74, 6) is 0.731. The van der Waals surface area contributed by atoms with Crippen molar-refractivity contribution in [3.8, 4) is 0 Å². The molecule has 15 heavy (non-hydrogen) atoms. The van der Waals surface area contributed by atoms with Crippen molar-refractivity contribution in [2.75, 3.05) is 11.9 Å². The van der Waals surface area contributed by atoms with Crippen molar-refractivity contribution in [3.63, 3.8) is 0 Å². The molecule has 0 atom stereocenters. The first-order valence-corrected chi connectivity index (χ1v) is 4.93. The predicted molar refractivity (Wildman–Crippen MR) is 63.0 cm³/mol. The maximum atomic E-state index is 5.67. The first-order valence-electron chi connectivity index (χ1n) is 4.55. The smallest absolute Gasteiger partial charge is 0.156 e. The van der Waals surface area contributed by atoms with Crippen LogP contribution in [0.4, 0.5) is 5.82 Å². The van der Waals surface area contributed by atoms with Crippen LogP contribution >= 0.6 is 11.6 Å². The number of aromatic nitrogens is 2. The molecule has 3 nitrogen and oxygen atoms in total. The van der Waals surface area contributed by atoms with Crippen LogP contribution in [0.1, 0.15) is 0 Å². The van der Waals surface area contributed by atoms with Gasteiger partial charge in [-0.25, -0.2) is 0 Å². The molecule has 0 amide bonds. The molecular formula is C11H10ClN3. The number of nitrogens with one attached hydrogen (secondary N) is 1. The Bertz CT molecular complexity index is 491. The van der Waals surface area contributed by atoms with E-state index in [2.05, 4.69) is 22.1 Å². The molecule has 0 aliphatic heterocycles. The van der Waals surface area contributed by atoms with Crippen LogP contribution in [0.2, 0.25) is 0 Å². The number of nitrogens with zero attached hydrogens (tertiary/aromatic N) is 2. The van der Waals surface area contributed by atoms with Crippen molar-refractivity contribution in [3.05, 3.63) is 42.1 Å². The molecule has 1 aromatic heterocycles. The van der Waals surface area contributed by atoms with E-state index in [1.807, 2.05) is 24.3 Å². The lowest BCUT2D eigenvalue weighted by Crippen LogP contribution is -2.04. The summed E-state index contributed by atoms with van der Waals surface area (Å²) in [5, 5.41) is 13.6. The summed E-state index contributed by atoms with van der Waals surface area (Å²) in [4.78, 5) is 0. The molecule has 0 saturated heterocycles. The Labute approximate surface area is 92.8 Å². The molecule has 1 N–H and O–H groups in total. The second-order valence-corrected chi connectivity index (χ2v) is 3.69. The van der Waals surface area contributed by atoms with E-state index in [1.54, 1.807) is 6.20 Å². The largest absolute Gasteiger partial charge is 0.363 e. The van der Waals surface area contributed by atoms with Gasteiger partial charge < -0.3 is 5.32 Å². The highest BCUT2D eigenvalue weighted by molar-refractivity contribution is 6.29. The Hall–Kier alpha value is -1.61. The summed E-state index contributed by atoms with van der Waals surface area (Å²) in [6.45, 7) is 4.10. The Morgan fingerprint density at radius 3 is 3.00 bits per heavy atom. The fraction of sp³-hybridized carbons (Fsp3) is 0.0909. The van der Waals surface area contributed by atoms with Crippen LogP contribution in [0.3, 0.4) is 0 Å². The van der Waals surface area contributed by atoms with Gasteiger partial charge in [0.15, 0.2) is 5.82 Å². The number of hydrogen-bond acceptors (Lipinski definition) is 3. The van der Waals surface area contributed by atoms with Crippen LogP contribution in [0, 0.1) is 0 Å². The number of rotatable bonds is 3. The molecule has 2 aromatic rings. The summed E-state index contributed by atoms with van der Waals surface area (Å²) < 4.78 is 0. The van der Waals surface area contributed by atoms with E-state index < -0.39 is 0 Å². The Morgan fingerprint density at radius 2 is 2.20 bits per heavy atom. The minimum atomic E-state index is 0.490. The van der Waals surface area contributed by atoms with E-state index in [0.717, 1.165) is 16.6 Å². The van der Waals surface area contributed by atoms with Gasteiger partial charge in [0.1, 0.15) is 0 Å². The lowest BCUT2D eigenvalue weighted by Gasteiger charge is -2.06. The second-order valence-electron chi connectivity index (χ2n) is 3.15. The number of hydrogen-bond donors (Lipinski definition) is 1. The first kappa shape index (κ1) is 9.93. The SMILES string of the molecule is C=C(Cl)CNc1nncc2ccccc12. The third-order valence-corrected chi connectivity index (χ3v) is 2.15. The van der Waals surface area contributed by atoms with Crippen LogP contribution in [0.15, 0.2) is 42.1 Å². The van der Waals surface area contributed by atoms with Crippen molar-refractivity contribution in [1.82, 2.24) is 10.2 Å². The van der Waals surface area contributed by atoms with E-state index in [0.29, 0.717) is 11.6 Å². The number of anilines is 1. The summed E-state index contributed by atoms with van der Waals surface area (Å²) in [7, 11) is 0. The highest BCUT2D eigenvalue weighted by Gasteiger charge is 2.01. The van der Waals surface area contributed by atoms with Crippen molar-refractivity contribution >= 4 is 28.2 Å². The molecule has 4 heteroatoms. The zero-order valence-corrected chi connectivity index (χ0v) is 8.83. The molecule has 76 valence electrons. The highest BCUT2D eigenvalue weighted by atomic mass is 35.5. The molecule has 0 unspecified atom stereocenters. The maximum Gasteiger partial charge on any atom is 0.156 e. The Kier molecular flexibility index (Phi) is 2.83. The third kappa shape index (κ3) is 2.25. The Balaban J connectivity index is 2.38. The van der Waals surface area contributed by atoms with Crippen molar-refractivity contribution in [2.45, 2.75) is 0 Å². The second kappa shape index (κ2) is 4.28. The summed E-state index contributed by atoms with van der Waals surface area (Å²) in [6.07, 6.45) is 1.73. The summed E-state index contributed by atoms with van der Waals surface area (Å²) >= 11 is 5.67. The van der Waals surface area contributed by atoms with E-state index in [1.165, 1.54) is 0 Å². The fourth-order valence-electron chi connectivity index (χ4n) is 1.34. The fourth-order valence-corrected chi connectivity index (χ4v) is 1.40. The molecule has 0 aliphatic carbocycles. The van der Waals surface area contributed by atoms with Gasteiger partial charge in [0.25, 0.3) is 0 Å². The molecule has 0 saturated carbocycles. The average Bonchev–Trinajstić information content (AvgIpc) is 2.26. The summed E-state index contributed by atoms with van der Waals surface area (Å²) in [6, 6.07) is 7.91. The zero-order valence-electron chi connectivity index (χ0n) is 8.07. The molecular weight excluding hydrogens is 210 g/mol. The maximum absolute atomic E-state index is 5.67. The minimum Gasteiger partial charge on any atom is -0.363 e. The standard InChI is InChI=1S/C11H10ClN3/c1-8(12)6-13-11-10-5-3-2-4-9(10)7-14-15-11/h2-5,7H,1,6H2,(H,13,15). The third-order valence-electron chi connectivity index (χ3n) is 2.02. The van der Waals surface area contributed by atoms with E-state index >= 15 is 0 Å². The molecule has 1 aromatic carbocycles. The molecule has 0 spiro atoms. The lowest BCUT2D eigenvalue weighted by molar-refractivity contribution is 1.04. The average molecular weight is 220 g/mol. The quantitative estimate of drug-likeness (QED) is 0.863. The van der Waals surface area contributed by atoms with E-state index in [9.17, 15) is 0 Å². The number of benzene rings is 1. The molecule has 0 fully saturated rings. The van der Waals surface area contributed by atoms with Gasteiger partial charge in [-0.05, 0) is 0 Å². The van der Waals surface area contributed by atoms with Gasteiger partial charge >= 0.3 is 0 Å². The van der Waals surface area contributed by atoms with Gasteiger partial charge in [0.2, 0.25) is 0 Å². The zero-order chi connectivity index (χ0) is 10.7. The number of halogens is 1. The molecule has 1 heterocycles. The highest BCUT2D eigenvalue weighted by Crippen LogP contribution is 2.19. The van der Waals surface area contributed by atoms with Crippen LogP contribution < -0.4 is 5.32 Å². The molecule has 0 aliphatic rings. The van der Waals surface area contributed by atoms with Crippen LogP contribution in [0.25, 0.3) is 10.8 Å². The van der Waals surface area contributed by atoms with Crippen molar-refractivity contribution in [1.29, 1.82) is 0 Å². The van der Waals surface area contributed by atoms with Gasteiger partial charge in [-0.1, -0.05) is 42.4 Å². The van der Waals surface area contributed by atoms with Gasteiger partial charge in [-0.15, -0.1) is 5.10 Å². The molecule has 0 bridgehead atoms. The normalized spacial score (nSPS) is 10.2. The van der Waals surface area contributed by atoms with Crippen LogP contribution in [0.5, 0.6) is 0 Å². The predicted octanol–water partition coefficient (Wildman–Crippen LogP) is 2.79. The van der Waals surface area contributed by atoms with E-state index in [4.69, 9.17) is 11.6 Å².